The van der Waals surface area contributed by atoms with E-state index in [2.05, 4.69) is 10.2 Å². The van der Waals surface area contributed by atoms with Crippen LogP contribution in [0.1, 0.15) is 45.0 Å². The van der Waals surface area contributed by atoms with Crippen LogP contribution in [0.4, 0.5) is 8.78 Å². The zero-order valence-electron chi connectivity index (χ0n) is 13.9. The van der Waals surface area contributed by atoms with Gasteiger partial charge in [0.1, 0.15) is 6.61 Å². The monoisotopic (exact) mass is 347 g/mol. The Bertz CT molecular complexity index is 805. The zero-order chi connectivity index (χ0) is 17.6. The molecule has 0 spiro atoms. The van der Waals surface area contributed by atoms with Crippen molar-refractivity contribution >= 4 is 5.97 Å². The molecule has 1 unspecified atom stereocenters. The standard InChI is InChI=1S/C18H19F2N3O2/c1-11-13(2-3-14-15(11)10-25-17(14)24)16-9-23(5-4-18(16,19)20)8-12-6-21-22-7-12/h2-3,6-7,16H,4-5,8-10H2,1H3,(H,21,22). The summed E-state index contributed by atoms with van der Waals surface area (Å²) >= 11 is 0. The van der Waals surface area contributed by atoms with Crippen LogP contribution in [-0.4, -0.2) is 40.1 Å². The van der Waals surface area contributed by atoms with Gasteiger partial charge in [0.15, 0.2) is 0 Å². The van der Waals surface area contributed by atoms with Crippen molar-refractivity contribution in [2.45, 2.75) is 38.3 Å². The van der Waals surface area contributed by atoms with Crippen molar-refractivity contribution < 1.29 is 18.3 Å². The van der Waals surface area contributed by atoms with E-state index in [1.165, 1.54) is 0 Å². The first kappa shape index (κ1) is 16.2. The van der Waals surface area contributed by atoms with Crippen molar-refractivity contribution in [2.24, 2.45) is 0 Å². The number of esters is 1. The number of alkyl halides is 2. The molecule has 1 aromatic heterocycles. The number of H-pyrrole nitrogens is 1. The van der Waals surface area contributed by atoms with Gasteiger partial charge < -0.3 is 4.74 Å². The predicted molar refractivity (Wildman–Crippen MR) is 86.5 cm³/mol. The molecular formula is C18H19F2N3O2. The lowest BCUT2D eigenvalue weighted by atomic mass is 9.82. The number of cyclic esters (lactones) is 1. The first-order valence-electron chi connectivity index (χ1n) is 8.33. The van der Waals surface area contributed by atoms with Crippen LogP contribution in [0.2, 0.25) is 0 Å². The molecule has 4 rings (SSSR count). The first-order chi connectivity index (χ1) is 12.0. The van der Waals surface area contributed by atoms with Gasteiger partial charge in [-0.15, -0.1) is 0 Å². The molecular weight excluding hydrogens is 328 g/mol. The third kappa shape index (κ3) is 2.82. The summed E-state index contributed by atoms with van der Waals surface area (Å²) in [5.74, 6) is -4.04. The van der Waals surface area contributed by atoms with Gasteiger partial charge in [0.2, 0.25) is 0 Å². The zero-order valence-corrected chi connectivity index (χ0v) is 13.9. The third-order valence-electron chi connectivity index (χ3n) is 5.26. The van der Waals surface area contributed by atoms with E-state index >= 15 is 0 Å². The smallest absolute Gasteiger partial charge is 0.338 e. The van der Waals surface area contributed by atoms with Gasteiger partial charge in [-0.25, -0.2) is 13.6 Å². The van der Waals surface area contributed by atoms with Crippen LogP contribution in [0.15, 0.2) is 24.5 Å². The van der Waals surface area contributed by atoms with Crippen molar-refractivity contribution in [1.29, 1.82) is 0 Å². The molecule has 0 radical (unpaired) electrons. The Balaban J connectivity index is 1.64. The number of aromatic amines is 1. The Kier molecular flexibility index (Phi) is 3.83. The van der Waals surface area contributed by atoms with Crippen LogP contribution in [0, 0.1) is 6.92 Å². The Morgan fingerprint density at radius 3 is 3.04 bits per heavy atom. The van der Waals surface area contributed by atoms with E-state index in [1.54, 1.807) is 31.5 Å². The molecule has 7 heteroatoms. The Labute approximate surface area is 144 Å². The van der Waals surface area contributed by atoms with Crippen LogP contribution in [0.25, 0.3) is 0 Å². The van der Waals surface area contributed by atoms with Crippen LogP contribution < -0.4 is 0 Å². The number of piperidine rings is 1. The number of rotatable bonds is 3. The SMILES string of the molecule is Cc1c(C2CN(Cc3cn[nH]c3)CCC2(F)F)ccc2c1COC2=O. The van der Waals surface area contributed by atoms with Gasteiger partial charge in [-0.1, -0.05) is 6.07 Å². The summed E-state index contributed by atoms with van der Waals surface area (Å²) in [4.78, 5) is 13.7. The number of hydrogen-bond donors (Lipinski definition) is 1. The van der Waals surface area contributed by atoms with E-state index in [9.17, 15) is 13.6 Å². The number of nitrogens with one attached hydrogen (secondary N) is 1. The summed E-state index contributed by atoms with van der Waals surface area (Å²) in [5, 5.41) is 6.66. The molecule has 1 fully saturated rings. The lowest BCUT2D eigenvalue weighted by Crippen LogP contribution is -2.45. The summed E-state index contributed by atoms with van der Waals surface area (Å²) in [6.07, 6.45) is 3.32. The maximum atomic E-state index is 14.7. The summed E-state index contributed by atoms with van der Waals surface area (Å²) < 4.78 is 34.4. The van der Waals surface area contributed by atoms with E-state index in [-0.39, 0.29) is 25.5 Å². The fraction of sp³-hybridized carbons (Fsp3) is 0.444. The lowest BCUT2D eigenvalue weighted by molar-refractivity contribution is -0.0774. The minimum Gasteiger partial charge on any atom is -0.457 e. The number of ether oxygens (including phenoxy) is 1. The second-order valence-electron chi connectivity index (χ2n) is 6.79. The molecule has 132 valence electrons. The first-order valence-corrected chi connectivity index (χ1v) is 8.33. The molecule has 5 nitrogen and oxygen atoms in total. The molecule has 25 heavy (non-hydrogen) atoms. The highest BCUT2D eigenvalue weighted by atomic mass is 19.3. The average molecular weight is 347 g/mol. The average Bonchev–Trinajstić information content (AvgIpc) is 3.21. The number of aromatic nitrogens is 2. The fourth-order valence-corrected chi connectivity index (χ4v) is 3.80. The van der Waals surface area contributed by atoms with E-state index in [0.29, 0.717) is 24.2 Å². The van der Waals surface area contributed by atoms with Crippen LogP contribution in [-0.2, 0) is 17.9 Å². The number of halogens is 2. The molecule has 2 aliphatic rings. The Morgan fingerprint density at radius 1 is 1.44 bits per heavy atom. The maximum absolute atomic E-state index is 14.7. The van der Waals surface area contributed by atoms with Crippen LogP contribution in [0.5, 0.6) is 0 Å². The highest BCUT2D eigenvalue weighted by molar-refractivity contribution is 5.94. The Hall–Kier alpha value is -2.28. The predicted octanol–water partition coefficient (Wildman–Crippen LogP) is 3.01. The van der Waals surface area contributed by atoms with Crippen molar-refractivity contribution in [3.05, 3.63) is 52.3 Å². The van der Waals surface area contributed by atoms with Gasteiger partial charge in [0, 0.05) is 43.4 Å². The van der Waals surface area contributed by atoms with E-state index < -0.39 is 11.8 Å². The Morgan fingerprint density at radius 2 is 2.28 bits per heavy atom. The highest BCUT2D eigenvalue weighted by Crippen LogP contribution is 2.43. The molecule has 0 amide bonds. The minimum atomic E-state index is -2.77. The third-order valence-corrected chi connectivity index (χ3v) is 5.26. The number of carbonyl (C=O) groups excluding carboxylic acids is 1. The number of hydrogen-bond acceptors (Lipinski definition) is 4. The molecule has 2 aromatic rings. The van der Waals surface area contributed by atoms with Gasteiger partial charge in [-0.3, -0.25) is 10.00 Å². The van der Waals surface area contributed by atoms with Gasteiger partial charge in [0.25, 0.3) is 5.92 Å². The van der Waals surface area contributed by atoms with Crippen molar-refractivity contribution in [1.82, 2.24) is 15.1 Å². The van der Waals surface area contributed by atoms with Crippen molar-refractivity contribution in [3.63, 3.8) is 0 Å². The topological polar surface area (TPSA) is 58.2 Å². The van der Waals surface area contributed by atoms with Gasteiger partial charge in [0.05, 0.1) is 17.7 Å². The second-order valence-corrected chi connectivity index (χ2v) is 6.79. The summed E-state index contributed by atoms with van der Waals surface area (Å²) in [6.45, 7) is 3.19. The highest BCUT2D eigenvalue weighted by Gasteiger charge is 2.45. The van der Waals surface area contributed by atoms with Crippen molar-refractivity contribution in [3.8, 4) is 0 Å². The number of benzene rings is 1. The van der Waals surface area contributed by atoms with Crippen LogP contribution in [0.3, 0.4) is 0 Å². The van der Waals surface area contributed by atoms with Gasteiger partial charge in [-0.2, -0.15) is 5.10 Å². The molecule has 0 aliphatic carbocycles. The maximum Gasteiger partial charge on any atom is 0.338 e. The van der Waals surface area contributed by atoms with Crippen LogP contribution >= 0.6 is 0 Å². The van der Waals surface area contributed by atoms with E-state index in [4.69, 9.17) is 4.74 Å². The fourth-order valence-electron chi connectivity index (χ4n) is 3.80. The minimum absolute atomic E-state index is 0.171. The van der Waals surface area contributed by atoms with E-state index in [0.717, 1.165) is 16.7 Å². The quantitative estimate of drug-likeness (QED) is 0.867. The van der Waals surface area contributed by atoms with Gasteiger partial charge >= 0.3 is 5.97 Å². The molecule has 2 aliphatic heterocycles. The molecule has 3 heterocycles. The second kappa shape index (κ2) is 5.91. The largest absolute Gasteiger partial charge is 0.457 e. The summed E-state index contributed by atoms with van der Waals surface area (Å²) in [6, 6.07) is 3.29. The summed E-state index contributed by atoms with van der Waals surface area (Å²) in [5.41, 5.74) is 3.58. The molecule has 0 bridgehead atoms. The molecule has 1 aromatic carbocycles. The normalized spacial score (nSPS) is 22.7. The number of likely N-dealkylation sites (tertiary alicyclic amines) is 1. The van der Waals surface area contributed by atoms with Crippen molar-refractivity contribution in [2.75, 3.05) is 13.1 Å². The molecule has 1 N–H and O–H groups in total. The number of nitrogens with zero attached hydrogens (tertiary/aromatic N) is 2. The van der Waals surface area contributed by atoms with Gasteiger partial charge in [-0.05, 0) is 24.1 Å². The molecule has 1 atom stereocenters. The van der Waals surface area contributed by atoms with E-state index in [1.807, 2.05) is 4.90 Å². The molecule has 1 saturated heterocycles. The lowest BCUT2D eigenvalue weighted by Gasteiger charge is -2.39. The summed E-state index contributed by atoms with van der Waals surface area (Å²) in [7, 11) is 0. The molecule has 0 saturated carbocycles. The number of carbonyl (C=O) groups is 1. The number of fused-ring (bicyclic) bond motifs is 1.